The zero-order valence-corrected chi connectivity index (χ0v) is 13.0. The van der Waals surface area contributed by atoms with E-state index in [0.29, 0.717) is 5.56 Å². The zero-order valence-electron chi connectivity index (χ0n) is 13.0. The summed E-state index contributed by atoms with van der Waals surface area (Å²) in [5, 5.41) is 35.4. The average molecular weight is 352 g/mol. The summed E-state index contributed by atoms with van der Waals surface area (Å²) in [6.07, 6.45) is -2.18. The molecule has 1 aromatic carbocycles. The Labute approximate surface area is 139 Å². The summed E-state index contributed by atoms with van der Waals surface area (Å²) < 4.78 is 0. The quantitative estimate of drug-likeness (QED) is 0.438. The Morgan fingerprint density at radius 1 is 1.00 bits per heavy atom. The molecule has 12 heteroatoms. The molecule has 1 unspecified atom stereocenters. The largest absolute Gasteiger partial charge is 0.579 e. The van der Waals surface area contributed by atoms with E-state index in [-0.39, 0.29) is 10.8 Å². The molecule has 0 amide bonds. The Morgan fingerprint density at radius 2 is 1.56 bits per heavy atom. The third-order valence-corrected chi connectivity index (χ3v) is 5.21. The fourth-order valence-electron chi connectivity index (χ4n) is 3.95. The van der Waals surface area contributed by atoms with Crippen molar-refractivity contribution in [2.45, 2.75) is 43.8 Å². The zero-order chi connectivity index (χ0) is 18.3. The molecule has 2 aliphatic heterocycles. The summed E-state index contributed by atoms with van der Waals surface area (Å²) in [7, 11) is 0. The molecule has 0 radical (unpaired) electrons. The lowest BCUT2D eigenvalue weighted by Gasteiger charge is -2.37. The van der Waals surface area contributed by atoms with Crippen molar-refractivity contribution in [3.05, 3.63) is 64.7 Å². The van der Waals surface area contributed by atoms with Crippen molar-refractivity contribution in [3.8, 4) is 0 Å². The fraction of sp³-hybridized carbons (Fsp3) is 0.538. The second-order valence-electron chi connectivity index (χ2n) is 6.37. The molecule has 1 aliphatic carbocycles. The Morgan fingerprint density at radius 3 is 2.08 bits per heavy atom. The molecular weight excluding hydrogens is 340 g/mol. The van der Waals surface area contributed by atoms with Gasteiger partial charge in [-0.1, -0.05) is 12.1 Å². The normalized spacial score (nSPS) is 33.8. The lowest BCUT2D eigenvalue weighted by atomic mass is 9.71. The van der Waals surface area contributed by atoms with Crippen LogP contribution >= 0.6 is 0 Å². The maximum Gasteiger partial charge on any atom is 0.579 e. The van der Waals surface area contributed by atoms with Gasteiger partial charge in [-0.25, -0.2) is 4.84 Å². The molecule has 12 nitrogen and oxygen atoms in total. The third kappa shape index (κ3) is 1.65. The van der Waals surface area contributed by atoms with Crippen LogP contribution in [0, 0.1) is 44.2 Å². The molecule has 1 aromatic rings. The van der Waals surface area contributed by atoms with E-state index in [0.717, 1.165) is 11.1 Å². The number of hydrogen-bond donors (Lipinski definition) is 0. The standard InChI is InChI=1S/C13H12N4O8/c1-5-3-7-8(4-6(5)2)11-12-10(14(18)19)9(7)13(15(20)21,16(22)23)17(24-11)25-12/h3-4,9-12H,1-2H3/t9-,10+,11+,12-/m0/s1. The molecule has 2 fully saturated rings. The lowest BCUT2D eigenvalue weighted by molar-refractivity contribution is -0.873. The van der Waals surface area contributed by atoms with E-state index in [1.54, 1.807) is 19.9 Å². The van der Waals surface area contributed by atoms with Crippen molar-refractivity contribution >= 4 is 0 Å². The number of fused-ring (bicyclic) bond motifs is 5. The van der Waals surface area contributed by atoms with Crippen LogP contribution in [0.25, 0.3) is 0 Å². The highest BCUT2D eigenvalue weighted by molar-refractivity contribution is 5.45. The van der Waals surface area contributed by atoms with E-state index in [1.807, 2.05) is 0 Å². The maximum atomic E-state index is 11.8. The highest BCUT2D eigenvalue weighted by Crippen LogP contribution is 2.58. The van der Waals surface area contributed by atoms with Crippen molar-refractivity contribution in [1.82, 2.24) is 5.23 Å². The third-order valence-electron chi connectivity index (χ3n) is 5.21. The minimum Gasteiger partial charge on any atom is -0.264 e. The monoisotopic (exact) mass is 352 g/mol. The highest BCUT2D eigenvalue weighted by Gasteiger charge is 2.85. The van der Waals surface area contributed by atoms with Gasteiger partial charge < -0.3 is 0 Å². The van der Waals surface area contributed by atoms with Crippen LogP contribution < -0.4 is 0 Å². The van der Waals surface area contributed by atoms with E-state index < -0.39 is 44.7 Å². The molecule has 0 aromatic heterocycles. The summed E-state index contributed by atoms with van der Waals surface area (Å²) in [4.78, 5) is 42.5. The highest BCUT2D eigenvalue weighted by atomic mass is 17.0. The molecule has 0 spiro atoms. The molecule has 0 saturated carbocycles. The summed E-state index contributed by atoms with van der Waals surface area (Å²) >= 11 is 0. The number of hydrogen-bond acceptors (Lipinski definition) is 9. The minimum absolute atomic E-state index is 0.185. The van der Waals surface area contributed by atoms with Gasteiger partial charge in [-0.05, 0) is 36.1 Å². The summed E-state index contributed by atoms with van der Waals surface area (Å²) in [5.74, 6) is -4.78. The number of nitro groups is 3. The molecule has 5 atom stereocenters. The van der Waals surface area contributed by atoms with Crippen LogP contribution in [0.5, 0.6) is 0 Å². The number of aryl methyl sites for hydroxylation is 2. The molecule has 2 heterocycles. The molecule has 132 valence electrons. The summed E-state index contributed by atoms with van der Waals surface area (Å²) in [5.41, 5.74) is 2.20. The SMILES string of the molecule is Cc1cc2c(cc1C)[C@H]1[C@@H]([N+](=O)[O-])[C@@H]3ON(O[C@H]23)C1([N+](=O)[O-])[N+](=O)[O-]. The van der Waals surface area contributed by atoms with Gasteiger partial charge in [-0.2, -0.15) is 0 Å². The first-order valence-electron chi connectivity index (χ1n) is 7.38. The maximum absolute atomic E-state index is 11.8. The predicted octanol–water partition coefficient (Wildman–Crippen LogP) is 0.855. The van der Waals surface area contributed by atoms with Crippen LogP contribution in [-0.4, -0.2) is 37.9 Å². The molecule has 3 bridgehead atoms. The van der Waals surface area contributed by atoms with Gasteiger partial charge >= 0.3 is 5.79 Å². The van der Waals surface area contributed by atoms with E-state index in [2.05, 4.69) is 0 Å². The topological polar surface area (TPSA) is 151 Å². The van der Waals surface area contributed by atoms with Crippen molar-refractivity contribution in [3.63, 3.8) is 0 Å². The average Bonchev–Trinajstić information content (AvgIpc) is 2.84. The Bertz CT molecular complexity index is 828. The number of benzene rings is 1. The lowest BCUT2D eigenvalue weighted by Crippen LogP contribution is -2.69. The fourth-order valence-corrected chi connectivity index (χ4v) is 3.95. The van der Waals surface area contributed by atoms with E-state index in [1.165, 1.54) is 6.07 Å². The van der Waals surface area contributed by atoms with Gasteiger partial charge in [0, 0.05) is 4.92 Å². The number of nitrogens with zero attached hydrogens (tertiary/aromatic N) is 4. The van der Waals surface area contributed by atoms with Crippen molar-refractivity contribution < 1.29 is 24.4 Å². The van der Waals surface area contributed by atoms with E-state index >= 15 is 0 Å². The summed E-state index contributed by atoms with van der Waals surface area (Å²) in [6.45, 7) is 3.53. The van der Waals surface area contributed by atoms with Gasteiger partial charge in [0.2, 0.25) is 5.92 Å². The number of rotatable bonds is 3. The first-order valence-corrected chi connectivity index (χ1v) is 7.38. The van der Waals surface area contributed by atoms with Gasteiger partial charge in [-0.3, -0.25) is 35.2 Å². The van der Waals surface area contributed by atoms with Gasteiger partial charge in [0.25, 0.3) is 6.04 Å². The van der Waals surface area contributed by atoms with Crippen LogP contribution in [0.4, 0.5) is 0 Å². The van der Waals surface area contributed by atoms with Gasteiger partial charge in [0.05, 0.1) is 5.23 Å². The predicted molar refractivity (Wildman–Crippen MR) is 76.7 cm³/mol. The van der Waals surface area contributed by atoms with Crippen molar-refractivity contribution in [2.75, 3.05) is 0 Å². The van der Waals surface area contributed by atoms with Crippen LogP contribution in [0.2, 0.25) is 0 Å². The van der Waals surface area contributed by atoms with Gasteiger partial charge in [-0.15, -0.1) is 0 Å². The van der Waals surface area contributed by atoms with E-state index in [4.69, 9.17) is 9.68 Å². The van der Waals surface area contributed by atoms with Crippen molar-refractivity contribution in [2.24, 2.45) is 0 Å². The van der Waals surface area contributed by atoms with Gasteiger partial charge in [0.15, 0.2) is 6.10 Å². The molecular formula is C13H12N4O8. The van der Waals surface area contributed by atoms with Crippen LogP contribution in [-0.2, 0) is 9.68 Å². The van der Waals surface area contributed by atoms with Gasteiger partial charge in [0.1, 0.15) is 16.0 Å². The molecule has 0 N–H and O–H groups in total. The molecule has 4 rings (SSSR count). The Kier molecular flexibility index (Phi) is 2.96. The summed E-state index contributed by atoms with van der Waals surface area (Å²) in [6, 6.07) is 1.55. The Hall–Kier alpha value is -2.70. The molecule has 2 saturated heterocycles. The second-order valence-corrected chi connectivity index (χ2v) is 6.37. The van der Waals surface area contributed by atoms with Crippen LogP contribution in [0.3, 0.4) is 0 Å². The molecule has 3 aliphatic rings. The second kappa shape index (κ2) is 4.68. The molecule has 25 heavy (non-hydrogen) atoms. The first kappa shape index (κ1) is 15.8. The van der Waals surface area contributed by atoms with Crippen molar-refractivity contribution in [1.29, 1.82) is 0 Å². The van der Waals surface area contributed by atoms with Crippen LogP contribution in [0.1, 0.15) is 34.3 Å². The first-order chi connectivity index (χ1) is 11.7. The smallest absolute Gasteiger partial charge is 0.264 e. The van der Waals surface area contributed by atoms with E-state index in [9.17, 15) is 30.3 Å². The minimum atomic E-state index is -3.13. The number of hydroxylamine groups is 2. The Balaban J connectivity index is 2.09. The van der Waals surface area contributed by atoms with Crippen LogP contribution in [0.15, 0.2) is 12.1 Å².